The summed E-state index contributed by atoms with van der Waals surface area (Å²) in [7, 11) is 1.51. The third kappa shape index (κ3) is 5.10. The minimum atomic E-state index is -0.526. The van der Waals surface area contributed by atoms with Crippen molar-refractivity contribution < 1.29 is 23.0 Å². The molecule has 0 unspecified atom stereocenters. The quantitative estimate of drug-likeness (QED) is 0.253. The van der Waals surface area contributed by atoms with E-state index >= 15 is 0 Å². The number of methoxy groups -OCH3 is 1. The molecule has 4 rings (SSSR count). The van der Waals surface area contributed by atoms with Crippen molar-refractivity contribution in [2.75, 3.05) is 12.0 Å². The van der Waals surface area contributed by atoms with Crippen LogP contribution in [0.3, 0.4) is 0 Å². The average molecular weight is 548 g/mol. The molecule has 3 aromatic carbocycles. The topological polar surface area (TPSA) is 38.8 Å². The Balaban J connectivity index is 1.59. The van der Waals surface area contributed by atoms with Crippen LogP contribution in [-0.4, -0.2) is 17.3 Å². The lowest BCUT2D eigenvalue weighted by Crippen LogP contribution is -2.28. The summed E-state index contributed by atoms with van der Waals surface area (Å²) in [6, 6.07) is 15.5. The SMILES string of the molecule is COc1cc(/C=C2\SC(=S)N(c3ccccc3F)C2=O)cc(Br)c1OCc1ccc(F)cc1. The number of hydrogen-bond donors (Lipinski definition) is 0. The van der Waals surface area contributed by atoms with Crippen LogP contribution in [0, 0.1) is 11.6 Å². The normalized spacial score (nSPS) is 14.8. The maximum absolute atomic E-state index is 14.2. The third-order valence-electron chi connectivity index (χ3n) is 4.73. The monoisotopic (exact) mass is 547 g/mol. The molecule has 1 saturated heterocycles. The molecule has 1 fully saturated rings. The van der Waals surface area contributed by atoms with Gasteiger partial charge in [-0.1, -0.05) is 48.2 Å². The number of ether oxygens (including phenoxy) is 2. The number of anilines is 1. The van der Waals surface area contributed by atoms with Gasteiger partial charge in [0.15, 0.2) is 15.8 Å². The van der Waals surface area contributed by atoms with Gasteiger partial charge in [0.05, 0.1) is 22.2 Å². The Bertz CT molecular complexity index is 1270. The van der Waals surface area contributed by atoms with Crippen molar-refractivity contribution >= 4 is 61.9 Å². The standard InChI is InChI=1S/C24H16BrF2NO3S2/c1-30-20-11-15(10-17(25)22(20)31-13-14-6-8-16(26)9-7-14)12-21-23(29)28(24(32)33-21)19-5-3-2-4-18(19)27/h2-12H,13H2,1H3/b21-12-. The highest BCUT2D eigenvalue weighted by atomic mass is 79.9. The van der Waals surface area contributed by atoms with E-state index in [0.29, 0.717) is 26.4 Å². The number of carbonyl (C=O) groups excluding carboxylic acids is 1. The van der Waals surface area contributed by atoms with E-state index in [1.54, 1.807) is 42.5 Å². The molecule has 0 spiro atoms. The van der Waals surface area contributed by atoms with Crippen LogP contribution in [0.15, 0.2) is 70.0 Å². The van der Waals surface area contributed by atoms with E-state index in [1.807, 2.05) is 0 Å². The summed E-state index contributed by atoms with van der Waals surface area (Å²) >= 11 is 9.90. The van der Waals surface area contributed by atoms with E-state index in [4.69, 9.17) is 21.7 Å². The molecule has 9 heteroatoms. The number of nitrogens with zero attached hydrogens (tertiary/aromatic N) is 1. The Morgan fingerprint density at radius 1 is 1.12 bits per heavy atom. The van der Waals surface area contributed by atoms with Gasteiger partial charge in [-0.3, -0.25) is 9.69 Å². The van der Waals surface area contributed by atoms with E-state index in [-0.39, 0.29) is 22.4 Å². The number of benzene rings is 3. The van der Waals surface area contributed by atoms with E-state index < -0.39 is 11.7 Å². The van der Waals surface area contributed by atoms with Gasteiger partial charge in [-0.15, -0.1) is 0 Å². The molecular formula is C24H16BrF2NO3S2. The van der Waals surface area contributed by atoms with E-state index in [9.17, 15) is 13.6 Å². The lowest BCUT2D eigenvalue weighted by Gasteiger charge is -2.15. The van der Waals surface area contributed by atoms with Crippen LogP contribution in [0.5, 0.6) is 11.5 Å². The zero-order valence-corrected chi connectivity index (χ0v) is 20.4. The number of thioether (sulfide) groups is 1. The van der Waals surface area contributed by atoms with E-state index in [2.05, 4.69) is 15.9 Å². The molecule has 0 atom stereocenters. The first-order valence-corrected chi connectivity index (χ1v) is 11.7. The zero-order chi connectivity index (χ0) is 23.5. The number of thiocarbonyl (C=S) groups is 1. The molecule has 33 heavy (non-hydrogen) atoms. The van der Waals surface area contributed by atoms with Crippen LogP contribution in [0.25, 0.3) is 6.08 Å². The minimum absolute atomic E-state index is 0.117. The highest BCUT2D eigenvalue weighted by Gasteiger charge is 2.34. The lowest BCUT2D eigenvalue weighted by atomic mass is 10.1. The molecule has 1 amide bonds. The molecule has 3 aromatic rings. The van der Waals surface area contributed by atoms with Crippen LogP contribution in [0.2, 0.25) is 0 Å². The average Bonchev–Trinajstić information content (AvgIpc) is 3.07. The second-order valence-electron chi connectivity index (χ2n) is 6.92. The second kappa shape index (κ2) is 10.0. The molecular weight excluding hydrogens is 532 g/mol. The molecule has 1 heterocycles. The summed E-state index contributed by atoms with van der Waals surface area (Å²) in [6.45, 7) is 0.218. The Labute approximate surface area is 207 Å². The third-order valence-corrected chi connectivity index (χ3v) is 6.62. The summed E-state index contributed by atoms with van der Waals surface area (Å²) in [4.78, 5) is 14.5. The fourth-order valence-corrected chi connectivity index (χ4v) is 5.02. The van der Waals surface area contributed by atoms with Gasteiger partial charge in [-0.25, -0.2) is 8.78 Å². The van der Waals surface area contributed by atoms with Crippen LogP contribution in [0.1, 0.15) is 11.1 Å². The molecule has 0 saturated carbocycles. The largest absolute Gasteiger partial charge is 0.493 e. The Morgan fingerprint density at radius 3 is 2.55 bits per heavy atom. The number of hydrogen-bond acceptors (Lipinski definition) is 5. The van der Waals surface area contributed by atoms with Gasteiger partial charge in [-0.2, -0.15) is 0 Å². The van der Waals surface area contributed by atoms with Crippen LogP contribution < -0.4 is 14.4 Å². The zero-order valence-electron chi connectivity index (χ0n) is 17.2. The summed E-state index contributed by atoms with van der Waals surface area (Å²) < 4.78 is 39.5. The molecule has 1 aliphatic rings. The maximum Gasteiger partial charge on any atom is 0.270 e. The molecule has 0 N–H and O–H groups in total. The van der Waals surface area contributed by atoms with Crippen LogP contribution in [0.4, 0.5) is 14.5 Å². The number of amides is 1. The van der Waals surface area contributed by atoms with Crippen molar-refractivity contribution in [3.8, 4) is 11.5 Å². The Kier molecular flexibility index (Phi) is 7.11. The molecule has 0 radical (unpaired) electrons. The predicted molar refractivity (Wildman–Crippen MR) is 133 cm³/mol. The minimum Gasteiger partial charge on any atom is -0.493 e. The predicted octanol–water partition coefficient (Wildman–Crippen LogP) is 6.72. The fraction of sp³-hybridized carbons (Fsp3) is 0.0833. The van der Waals surface area contributed by atoms with E-state index in [1.165, 1.54) is 36.3 Å². The van der Waals surface area contributed by atoms with Crippen molar-refractivity contribution in [2.45, 2.75) is 6.61 Å². The summed E-state index contributed by atoms with van der Waals surface area (Å²) in [5, 5.41) is 0. The van der Waals surface area contributed by atoms with Crippen molar-refractivity contribution in [3.05, 3.63) is 92.8 Å². The number of carbonyl (C=O) groups is 1. The Hall–Kier alpha value is -2.75. The number of rotatable bonds is 6. The molecule has 0 aromatic heterocycles. The van der Waals surface area contributed by atoms with Gasteiger partial charge < -0.3 is 9.47 Å². The lowest BCUT2D eigenvalue weighted by molar-refractivity contribution is -0.113. The van der Waals surface area contributed by atoms with Gasteiger partial charge in [0.2, 0.25) is 0 Å². The highest BCUT2D eigenvalue weighted by molar-refractivity contribution is 9.10. The van der Waals surface area contributed by atoms with Crippen molar-refractivity contribution in [3.63, 3.8) is 0 Å². The first-order chi connectivity index (χ1) is 15.9. The summed E-state index contributed by atoms with van der Waals surface area (Å²) in [5.41, 5.74) is 1.58. The molecule has 1 aliphatic heterocycles. The van der Waals surface area contributed by atoms with Crippen molar-refractivity contribution in [2.24, 2.45) is 0 Å². The second-order valence-corrected chi connectivity index (χ2v) is 9.45. The van der Waals surface area contributed by atoms with Crippen LogP contribution >= 0.6 is 39.9 Å². The van der Waals surface area contributed by atoms with Gasteiger partial charge in [-0.05, 0) is 69.5 Å². The van der Waals surface area contributed by atoms with Gasteiger partial charge in [0.1, 0.15) is 18.2 Å². The smallest absolute Gasteiger partial charge is 0.270 e. The summed E-state index contributed by atoms with van der Waals surface area (Å²) in [6.07, 6.45) is 1.66. The maximum atomic E-state index is 14.2. The molecule has 4 nitrogen and oxygen atoms in total. The number of halogens is 3. The van der Waals surface area contributed by atoms with Crippen LogP contribution in [-0.2, 0) is 11.4 Å². The molecule has 0 bridgehead atoms. The number of para-hydroxylation sites is 1. The fourth-order valence-electron chi connectivity index (χ4n) is 3.16. The highest BCUT2D eigenvalue weighted by Crippen LogP contribution is 2.40. The van der Waals surface area contributed by atoms with Gasteiger partial charge >= 0.3 is 0 Å². The first kappa shape index (κ1) is 23.4. The first-order valence-electron chi connectivity index (χ1n) is 9.64. The molecule has 168 valence electrons. The van der Waals surface area contributed by atoms with Crippen molar-refractivity contribution in [1.29, 1.82) is 0 Å². The van der Waals surface area contributed by atoms with Crippen molar-refractivity contribution in [1.82, 2.24) is 0 Å². The summed E-state index contributed by atoms with van der Waals surface area (Å²) in [5.74, 6) is -0.327. The molecule has 0 aliphatic carbocycles. The van der Waals surface area contributed by atoms with Gasteiger partial charge in [0.25, 0.3) is 5.91 Å². The Morgan fingerprint density at radius 2 is 1.85 bits per heavy atom. The van der Waals surface area contributed by atoms with E-state index in [0.717, 1.165) is 17.3 Å². The van der Waals surface area contributed by atoms with Gasteiger partial charge in [0, 0.05) is 0 Å².